The van der Waals surface area contributed by atoms with Crippen LogP contribution in [0.4, 0.5) is 0 Å². The Morgan fingerprint density at radius 2 is 2.20 bits per heavy atom. The first kappa shape index (κ1) is 15.0. The minimum Gasteiger partial charge on any atom is -0.350 e. The Labute approximate surface area is 120 Å². The van der Waals surface area contributed by atoms with Crippen LogP contribution < -0.4 is 11.1 Å². The van der Waals surface area contributed by atoms with Crippen LogP contribution in [0.1, 0.15) is 62.6 Å². The number of rotatable bonds is 5. The molecule has 3 N–H and O–H groups in total. The molecule has 1 aromatic heterocycles. The van der Waals surface area contributed by atoms with Crippen molar-refractivity contribution in [3.05, 3.63) is 17.5 Å². The van der Waals surface area contributed by atoms with Crippen LogP contribution in [0.15, 0.2) is 6.07 Å². The third-order valence-corrected chi connectivity index (χ3v) is 3.61. The second kappa shape index (κ2) is 5.56. The van der Waals surface area contributed by atoms with Crippen LogP contribution in [0.5, 0.6) is 0 Å². The Bertz CT molecular complexity index is 483. The molecule has 112 valence electrons. The van der Waals surface area contributed by atoms with Gasteiger partial charge in [0.15, 0.2) is 0 Å². The van der Waals surface area contributed by atoms with Gasteiger partial charge >= 0.3 is 0 Å². The van der Waals surface area contributed by atoms with E-state index >= 15 is 0 Å². The van der Waals surface area contributed by atoms with E-state index < -0.39 is 0 Å². The van der Waals surface area contributed by atoms with Gasteiger partial charge in [-0.05, 0) is 52.1 Å². The quantitative estimate of drug-likeness (QED) is 0.863. The van der Waals surface area contributed by atoms with Gasteiger partial charge in [-0.25, -0.2) is 0 Å². The summed E-state index contributed by atoms with van der Waals surface area (Å²) in [6.45, 7) is 9.53. The molecule has 0 aromatic carbocycles. The Balaban J connectivity index is 2.14. The SMILES string of the molecule is CC(CN)CNC(=O)c1cc(C2CC2)n(C(C)(C)C)n1. The number of carbonyl (C=O) groups is 1. The molecule has 1 fully saturated rings. The summed E-state index contributed by atoms with van der Waals surface area (Å²) in [4.78, 5) is 12.2. The van der Waals surface area contributed by atoms with E-state index in [0.29, 0.717) is 24.7 Å². The maximum atomic E-state index is 12.2. The van der Waals surface area contributed by atoms with Gasteiger partial charge in [-0.15, -0.1) is 0 Å². The summed E-state index contributed by atoms with van der Waals surface area (Å²) in [6, 6.07) is 1.95. The number of hydrogen-bond acceptors (Lipinski definition) is 3. The van der Waals surface area contributed by atoms with Crippen LogP contribution in [0, 0.1) is 5.92 Å². The number of aromatic nitrogens is 2. The van der Waals surface area contributed by atoms with E-state index in [0.717, 1.165) is 0 Å². The molecular formula is C15H26N4O. The van der Waals surface area contributed by atoms with Gasteiger partial charge in [0, 0.05) is 18.2 Å². The van der Waals surface area contributed by atoms with Crippen molar-refractivity contribution in [2.45, 2.75) is 52.0 Å². The van der Waals surface area contributed by atoms with Crippen molar-refractivity contribution in [2.24, 2.45) is 11.7 Å². The van der Waals surface area contributed by atoms with E-state index in [2.05, 4.69) is 31.2 Å². The monoisotopic (exact) mass is 278 g/mol. The zero-order chi connectivity index (χ0) is 14.9. The zero-order valence-electron chi connectivity index (χ0n) is 12.9. The summed E-state index contributed by atoms with van der Waals surface area (Å²) in [5, 5.41) is 7.43. The summed E-state index contributed by atoms with van der Waals surface area (Å²) in [5.41, 5.74) is 7.17. The summed E-state index contributed by atoms with van der Waals surface area (Å²) in [5.74, 6) is 0.757. The lowest BCUT2D eigenvalue weighted by atomic mass is 10.1. The van der Waals surface area contributed by atoms with Crippen molar-refractivity contribution in [3.8, 4) is 0 Å². The standard InChI is InChI=1S/C15H26N4O/c1-10(8-16)9-17-14(20)12-7-13(11-5-6-11)19(18-12)15(2,3)4/h7,10-11H,5-6,8-9,16H2,1-4H3,(H,17,20). The zero-order valence-corrected chi connectivity index (χ0v) is 12.9. The van der Waals surface area contributed by atoms with Crippen molar-refractivity contribution >= 4 is 5.91 Å². The lowest BCUT2D eigenvalue weighted by Crippen LogP contribution is -2.32. The Kier molecular flexibility index (Phi) is 4.18. The molecule has 1 aromatic rings. The van der Waals surface area contributed by atoms with E-state index in [1.807, 2.05) is 17.7 Å². The average Bonchev–Trinajstić information content (AvgIpc) is 3.12. The Morgan fingerprint density at radius 3 is 2.70 bits per heavy atom. The van der Waals surface area contributed by atoms with Crippen LogP contribution in [0.3, 0.4) is 0 Å². The summed E-state index contributed by atoms with van der Waals surface area (Å²) in [7, 11) is 0. The number of nitrogens with two attached hydrogens (primary N) is 1. The molecule has 1 aliphatic rings. The fraction of sp³-hybridized carbons (Fsp3) is 0.733. The van der Waals surface area contributed by atoms with Crippen molar-refractivity contribution in [2.75, 3.05) is 13.1 Å². The fourth-order valence-corrected chi connectivity index (χ4v) is 2.15. The third-order valence-electron chi connectivity index (χ3n) is 3.61. The third kappa shape index (κ3) is 3.39. The number of nitrogens with zero attached hydrogens (tertiary/aromatic N) is 2. The van der Waals surface area contributed by atoms with Crippen molar-refractivity contribution in [1.82, 2.24) is 15.1 Å². The van der Waals surface area contributed by atoms with Gasteiger partial charge in [-0.2, -0.15) is 5.10 Å². The minimum absolute atomic E-state index is 0.0962. The van der Waals surface area contributed by atoms with Gasteiger partial charge in [0.2, 0.25) is 0 Å². The Hall–Kier alpha value is -1.36. The lowest BCUT2D eigenvalue weighted by Gasteiger charge is -2.22. The predicted octanol–water partition coefficient (Wildman–Crippen LogP) is 1.84. The smallest absolute Gasteiger partial charge is 0.271 e. The topological polar surface area (TPSA) is 72.9 Å². The van der Waals surface area contributed by atoms with Crippen LogP contribution in [-0.4, -0.2) is 28.8 Å². The average molecular weight is 278 g/mol. The highest BCUT2D eigenvalue weighted by atomic mass is 16.1. The minimum atomic E-state index is -0.102. The second-order valence-corrected chi connectivity index (χ2v) is 6.86. The summed E-state index contributed by atoms with van der Waals surface area (Å²) in [6.07, 6.45) is 2.40. The van der Waals surface area contributed by atoms with Gasteiger partial charge in [0.1, 0.15) is 5.69 Å². The summed E-state index contributed by atoms with van der Waals surface area (Å²) >= 11 is 0. The molecule has 0 radical (unpaired) electrons. The van der Waals surface area contributed by atoms with Crippen LogP contribution in [0.2, 0.25) is 0 Å². The molecule has 20 heavy (non-hydrogen) atoms. The van der Waals surface area contributed by atoms with Gasteiger partial charge < -0.3 is 11.1 Å². The molecule has 5 nitrogen and oxygen atoms in total. The van der Waals surface area contributed by atoms with Gasteiger partial charge in [0.25, 0.3) is 5.91 Å². The molecular weight excluding hydrogens is 252 g/mol. The molecule has 1 saturated carbocycles. The van der Waals surface area contributed by atoms with E-state index in [4.69, 9.17) is 5.73 Å². The fourth-order valence-electron chi connectivity index (χ4n) is 2.15. The molecule has 0 spiro atoms. The lowest BCUT2D eigenvalue weighted by molar-refractivity contribution is 0.0942. The number of amides is 1. The first-order chi connectivity index (χ1) is 9.32. The number of nitrogens with one attached hydrogen (secondary N) is 1. The van der Waals surface area contributed by atoms with E-state index in [1.54, 1.807) is 0 Å². The van der Waals surface area contributed by atoms with Crippen molar-refractivity contribution in [3.63, 3.8) is 0 Å². The van der Waals surface area contributed by atoms with Gasteiger partial charge in [-0.3, -0.25) is 9.48 Å². The van der Waals surface area contributed by atoms with Gasteiger partial charge in [-0.1, -0.05) is 6.92 Å². The molecule has 0 bridgehead atoms. The number of hydrogen-bond donors (Lipinski definition) is 2. The first-order valence-electron chi connectivity index (χ1n) is 7.41. The highest BCUT2D eigenvalue weighted by molar-refractivity contribution is 5.92. The predicted molar refractivity (Wildman–Crippen MR) is 79.7 cm³/mol. The van der Waals surface area contributed by atoms with E-state index in [1.165, 1.54) is 18.5 Å². The molecule has 1 aliphatic carbocycles. The van der Waals surface area contributed by atoms with Gasteiger partial charge in [0.05, 0.1) is 5.54 Å². The number of carbonyl (C=O) groups excluding carboxylic acids is 1. The molecule has 1 unspecified atom stereocenters. The van der Waals surface area contributed by atoms with Crippen molar-refractivity contribution in [1.29, 1.82) is 0 Å². The molecule has 5 heteroatoms. The molecule has 1 atom stereocenters. The normalized spacial score (nSPS) is 17.1. The van der Waals surface area contributed by atoms with E-state index in [-0.39, 0.29) is 17.4 Å². The highest BCUT2D eigenvalue weighted by Crippen LogP contribution is 2.41. The maximum absolute atomic E-state index is 12.2. The largest absolute Gasteiger partial charge is 0.350 e. The van der Waals surface area contributed by atoms with Crippen LogP contribution in [0.25, 0.3) is 0 Å². The van der Waals surface area contributed by atoms with E-state index in [9.17, 15) is 4.79 Å². The second-order valence-electron chi connectivity index (χ2n) is 6.86. The molecule has 0 saturated heterocycles. The first-order valence-corrected chi connectivity index (χ1v) is 7.41. The van der Waals surface area contributed by atoms with Crippen LogP contribution >= 0.6 is 0 Å². The molecule has 0 aliphatic heterocycles. The van der Waals surface area contributed by atoms with Crippen molar-refractivity contribution < 1.29 is 4.79 Å². The summed E-state index contributed by atoms with van der Waals surface area (Å²) < 4.78 is 2.01. The molecule has 1 heterocycles. The highest BCUT2D eigenvalue weighted by Gasteiger charge is 2.32. The molecule has 1 amide bonds. The molecule has 2 rings (SSSR count). The van der Waals surface area contributed by atoms with Crippen LogP contribution in [-0.2, 0) is 5.54 Å². The Morgan fingerprint density at radius 1 is 1.55 bits per heavy atom. The maximum Gasteiger partial charge on any atom is 0.271 e.